The fourth-order valence-electron chi connectivity index (χ4n) is 7.79. The van der Waals surface area contributed by atoms with Crippen molar-refractivity contribution in [3.05, 3.63) is 24.3 Å². The number of hydrogen-bond acceptors (Lipinski definition) is 2. The number of methoxy groups -OCH3 is 1. The second kappa shape index (κ2) is 7.08. The Hall–Kier alpha value is -1.05. The quantitative estimate of drug-likeness (QED) is 0.436. The fourth-order valence-corrected chi connectivity index (χ4v) is 7.79. The van der Waals surface area contributed by atoms with Crippen molar-refractivity contribution in [1.29, 1.82) is 0 Å². The van der Waals surface area contributed by atoms with Crippen LogP contribution in [-0.2, 0) is 9.53 Å². The van der Waals surface area contributed by atoms with Crippen molar-refractivity contribution in [2.75, 3.05) is 7.11 Å². The average molecular weight is 371 g/mol. The maximum Gasteiger partial charge on any atom is 0.305 e. The van der Waals surface area contributed by atoms with Crippen LogP contribution in [0.1, 0.15) is 72.1 Å². The van der Waals surface area contributed by atoms with Gasteiger partial charge in [-0.2, -0.15) is 0 Å². The van der Waals surface area contributed by atoms with Crippen molar-refractivity contribution < 1.29 is 9.53 Å². The highest BCUT2D eigenvalue weighted by atomic mass is 16.5. The van der Waals surface area contributed by atoms with Gasteiger partial charge in [0.25, 0.3) is 0 Å². The minimum Gasteiger partial charge on any atom is -0.469 e. The number of rotatable bonds is 4. The van der Waals surface area contributed by atoms with Crippen LogP contribution in [0.4, 0.5) is 0 Å². The molecule has 0 aromatic heterocycles. The molecule has 7 unspecified atom stereocenters. The highest BCUT2D eigenvalue weighted by Gasteiger charge is 2.57. The summed E-state index contributed by atoms with van der Waals surface area (Å²) in [5.74, 6) is 4.50. The van der Waals surface area contributed by atoms with E-state index >= 15 is 0 Å². The van der Waals surface area contributed by atoms with Gasteiger partial charge in [-0.3, -0.25) is 4.79 Å². The minimum atomic E-state index is -0.0580. The summed E-state index contributed by atoms with van der Waals surface area (Å²) >= 11 is 0. The van der Waals surface area contributed by atoms with E-state index in [1.165, 1.54) is 45.6 Å². The molecule has 0 N–H and O–H groups in total. The molecule has 0 spiro atoms. The monoisotopic (exact) mass is 370 g/mol. The molecule has 0 bridgehead atoms. The first-order valence-electron chi connectivity index (χ1n) is 11.3. The number of ether oxygens (including phenoxy) is 1. The van der Waals surface area contributed by atoms with Crippen molar-refractivity contribution in [2.45, 2.75) is 72.1 Å². The highest BCUT2D eigenvalue weighted by molar-refractivity contribution is 5.69. The first-order chi connectivity index (χ1) is 12.9. The Morgan fingerprint density at radius 3 is 2.78 bits per heavy atom. The summed E-state index contributed by atoms with van der Waals surface area (Å²) in [6, 6.07) is 0. The Bertz CT molecular complexity index is 634. The zero-order valence-electron chi connectivity index (χ0n) is 17.7. The summed E-state index contributed by atoms with van der Waals surface area (Å²) < 4.78 is 4.87. The van der Waals surface area contributed by atoms with Crippen molar-refractivity contribution in [2.24, 2.45) is 46.3 Å². The standard InChI is InChI=1S/C25H38O2/c1-17(8-13-23(26)27-4)20-11-12-21-19-10-9-18-7-5-6-15-24(18,2)22(19)14-16-25(20,21)3/h5,7,14,16-22H,6,8-13,15H2,1-4H3/t17-,18?,19?,20?,21?,22?,24?,25?/m1/s1. The molecule has 8 atom stereocenters. The Balaban J connectivity index is 1.55. The molecule has 4 rings (SSSR count). The smallest absolute Gasteiger partial charge is 0.305 e. The van der Waals surface area contributed by atoms with E-state index < -0.39 is 0 Å². The van der Waals surface area contributed by atoms with E-state index in [-0.39, 0.29) is 5.97 Å². The third-order valence-corrected chi connectivity index (χ3v) is 9.38. The molecule has 0 aromatic carbocycles. The molecule has 2 fully saturated rings. The van der Waals surface area contributed by atoms with E-state index in [0.717, 1.165) is 30.1 Å². The Kier molecular flexibility index (Phi) is 5.06. The zero-order chi connectivity index (χ0) is 19.2. The molecule has 2 heteroatoms. The molecule has 0 amide bonds. The first kappa shape index (κ1) is 19.3. The van der Waals surface area contributed by atoms with Crippen molar-refractivity contribution in [1.82, 2.24) is 0 Å². The molecule has 0 radical (unpaired) electrons. The SMILES string of the molecule is COC(=O)CC[C@@H](C)C1CCC2C3CCC4C=CCCC4(C)C3C=CC21C. The molecule has 0 aromatic rings. The Morgan fingerprint density at radius 2 is 2.00 bits per heavy atom. The van der Waals surface area contributed by atoms with E-state index in [0.29, 0.717) is 29.1 Å². The molecule has 0 aliphatic heterocycles. The van der Waals surface area contributed by atoms with Crippen LogP contribution in [0, 0.1) is 46.3 Å². The van der Waals surface area contributed by atoms with Gasteiger partial charge in [0.05, 0.1) is 7.11 Å². The van der Waals surface area contributed by atoms with Crippen LogP contribution in [0.15, 0.2) is 24.3 Å². The molecule has 0 saturated heterocycles. The third-order valence-electron chi connectivity index (χ3n) is 9.38. The number of carbonyl (C=O) groups is 1. The molecule has 4 aliphatic rings. The molecule has 0 heterocycles. The van der Waals surface area contributed by atoms with Gasteiger partial charge in [0.15, 0.2) is 0 Å². The summed E-state index contributed by atoms with van der Waals surface area (Å²) in [6.07, 6.45) is 19.9. The van der Waals surface area contributed by atoms with Gasteiger partial charge in [-0.1, -0.05) is 45.1 Å². The fraction of sp³-hybridized carbons (Fsp3) is 0.800. The van der Waals surface area contributed by atoms with Crippen LogP contribution in [-0.4, -0.2) is 13.1 Å². The number of hydrogen-bond donors (Lipinski definition) is 0. The van der Waals surface area contributed by atoms with Gasteiger partial charge in [-0.05, 0) is 91.3 Å². The molecular weight excluding hydrogens is 332 g/mol. The van der Waals surface area contributed by atoms with Crippen LogP contribution in [0.25, 0.3) is 0 Å². The summed E-state index contributed by atoms with van der Waals surface area (Å²) in [4.78, 5) is 11.6. The number of allylic oxidation sites excluding steroid dienone is 4. The zero-order valence-corrected chi connectivity index (χ0v) is 17.7. The highest BCUT2D eigenvalue weighted by Crippen LogP contribution is 2.65. The van der Waals surface area contributed by atoms with Crippen LogP contribution >= 0.6 is 0 Å². The third kappa shape index (κ3) is 3.02. The molecule has 2 saturated carbocycles. The predicted molar refractivity (Wildman–Crippen MR) is 110 cm³/mol. The van der Waals surface area contributed by atoms with E-state index in [1.54, 1.807) is 0 Å². The van der Waals surface area contributed by atoms with Gasteiger partial charge in [0, 0.05) is 6.42 Å². The van der Waals surface area contributed by atoms with E-state index in [1.807, 2.05) is 0 Å². The van der Waals surface area contributed by atoms with Crippen LogP contribution < -0.4 is 0 Å². The first-order valence-corrected chi connectivity index (χ1v) is 11.3. The maximum atomic E-state index is 11.6. The van der Waals surface area contributed by atoms with Crippen LogP contribution in [0.5, 0.6) is 0 Å². The number of fused-ring (bicyclic) bond motifs is 5. The average Bonchev–Trinajstić information content (AvgIpc) is 3.02. The number of esters is 1. The second-order valence-corrected chi connectivity index (χ2v) is 10.5. The van der Waals surface area contributed by atoms with Gasteiger partial charge >= 0.3 is 5.97 Å². The lowest BCUT2D eigenvalue weighted by Crippen LogP contribution is -2.50. The lowest BCUT2D eigenvalue weighted by molar-refractivity contribution is -0.141. The molecular formula is C25H38O2. The minimum absolute atomic E-state index is 0.0580. The van der Waals surface area contributed by atoms with Gasteiger partial charge in [-0.25, -0.2) is 0 Å². The molecule has 2 nitrogen and oxygen atoms in total. The Morgan fingerprint density at radius 1 is 1.19 bits per heavy atom. The molecule has 27 heavy (non-hydrogen) atoms. The topological polar surface area (TPSA) is 26.3 Å². The van der Waals surface area contributed by atoms with E-state index in [2.05, 4.69) is 45.1 Å². The summed E-state index contributed by atoms with van der Waals surface area (Å²) in [7, 11) is 1.50. The van der Waals surface area contributed by atoms with Crippen LogP contribution in [0.3, 0.4) is 0 Å². The van der Waals surface area contributed by atoms with Crippen molar-refractivity contribution >= 4 is 5.97 Å². The lowest BCUT2D eigenvalue weighted by Gasteiger charge is -2.57. The normalized spacial score (nSPS) is 46.3. The van der Waals surface area contributed by atoms with Gasteiger partial charge in [0.2, 0.25) is 0 Å². The molecule has 4 aliphatic carbocycles. The predicted octanol–water partition coefficient (Wildman–Crippen LogP) is 6.18. The van der Waals surface area contributed by atoms with Gasteiger partial charge in [0.1, 0.15) is 0 Å². The van der Waals surface area contributed by atoms with Gasteiger partial charge in [-0.15, -0.1) is 0 Å². The van der Waals surface area contributed by atoms with Crippen LogP contribution in [0.2, 0.25) is 0 Å². The van der Waals surface area contributed by atoms with Gasteiger partial charge < -0.3 is 4.74 Å². The summed E-state index contributed by atoms with van der Waals surface area (Å²) in [6.45, 7) is 7.48. The summed E-state index contributed by atoms with van der Waals surface area (Å²) in [5.41, 5.74) is 0.800. The largest absolute Gasteiger partial charge is 0.469 e. The number of carbonyl (C=O) groups excluding carboxylic acids is 1. The van der Waals surface area contributed by atoms with Crippen molar-refractivity contribution in [3.63, 3.8) is 0 Å². The Labute approximate surface area is 165 Å². The second-order valence-electron chi connectivity index (χ2n) is 10.5. The molecule has 150 valence electrons. The van der Waals surface area contributed by atoms with Crippen molar-refractivity contribution in [3.8, 4) is 0 Å². The van der Waals surface area contributed by atoms with E-state index in [4.69, 9.17) is 4.74 Å². The summed E-state index contributed by atoms with van der Waals surface area (Å²) in [5, 5.41) is 0. The maximum absolute atomic E-state index is 11.6. The lowest BCUT2D eigenvalue weighted by atomic mass is 9.47. The van der Waals surface area contributed by atoms with E-state index in [9.17, 15) is 4.79 Å².